The van der Waals surface area contributed by atoms with Crippen LogP contribution in [0.1, 0.15) is 45.4 Å². The predicted molar refractivity (Wildman–Crippen MR) is 61.1 cm³/mol. The lowest BCUT2D eigenvalue weighted by Crippen LogP contribution is -2.36. The lowest BCUT2D eigenvalue weighted by atomic mass is 9.86. The topological polar surface area (TPSA) is 57.6 Å². The molecule has 0 saturated heterocycles. The molecule has 0 atom stereocenters. The lowest BCUT2D eigenvalue weighted by molar-refractivity contribution is -0.144. The molecule has 1 aliphatic carbocycles. The van der Waals surface area contributed by atoms with Crippen molar-refractivity contribution in [3.8, 4) is 0 Å². The Bertz CT molecular complexity index is 247. The second kappa shape index (κ2) is 6.51. The molecule has 4 heteroatoms. The molecule has 92 valence electrons. The second-order valence-corrected chi connectivity index (χ2v) is 4.51. The smallest absolute Gasteiger partial charge is 0.323 e. The highest BCUT2D eigenvalue weighted by molar-refractivity contribution is 5.81. The van der Waals surface area contributed by atoms with Gasteiger partial charge in [0.2, 0.25) is 5.91 Å². The van der Waals surface area contributed by atoms with Crippen molar-refractivity contribution in [1.82, 2.24) is 4.90 Å². The lowest BCUT2D eigenvalue weighted by Gasteiger charge is -2.25. The van der Waals surface area contributed by atoms with Crippen LogP contribution in [-0.2, 0) is 9.59 Å². The third-order valence-electron chi connectivity index (χ3n) is 3.25. The average Bonchev–Trinajstić information content (AvgIpc) is 2.26. The van der Waals surface area contributed by atoms with Crippen LogP contribution in [0.4, 0.5) is 0 Å². The van der Waals surface area contributed by atoms with Gasteiger partial charge < -0.3 is 10.0 Å². The molecule has 1 saturated carbocycles. The van der Waals surface area contributed by atoms with Gasteiger partial charge in [-0.05, 0) is 25.7 Å². The molecular formula is C12H21NO3. The maximum atomic E-state index is 11.8. The summed E-state index contributed by atoms with van der Waals surface area (Å²) >= 11 is 0. The van der Waals surface area contributed by atoms with Crippen LogP contribution in [0.2, 0.25) is 0 Å². The average molecular weight is 227 g/mol. The Hall–Kier alpha value is -1.06. The van der Waals surface area contributed by atoms with Gasteiger partial charge >= 0.3 is 5.97 Å². The highest BCUT2D eigenvalue weighted by Crippen LogP contribution is 2.26. The van der Waals surface area contributed by atoms with Gasteiger partial charge in [-0.3, -0.25) is 9.59 Å². The highest BCUT2D eigenvalue weighted by atomic mass is 16.4. The van der Waals surface area contributed by atoms with E-state index in [2.05, 4.69) is 0 Å². The van der Waals surface area contributed by atoms with Gasteiger partial charge in [-0.15, -0.1) is 0 Å². The fourth-order valence-electron chi connectivity index (χ4n) is 2.31. The Labute approximate surface area is 96.6 Å². The summed E-state index contributed by atoms with van der Waals surface area (Å²) in [7, 11) is 0. The summed E-state index contributed by atoms with van der Waals surface area (Å²) in [5.74, 6) is -0.459. The number of rotatable bonds is 5. The van der Waals surface area contributed by atoms with Gasteiger partial charge in [0.15, 0.2) is 0 Å². The number of carbonyl (C=O) groups is 2. The van der Waals surface area contributed by atoms with Crippen molar-refractivity contribution in [2.45, 2.75) is 45.4 Å². The van der Waals surface area contributed by atoms with Crippen molar-refractivity contribution >= 4 is 11.9 Å². The van der Waals surface area contributed by atoms with Crippen molar-refractivity contribution in [2.24, 2.45) is 5.92 Å². The summed E-state index contributed by atoms with van der Waals surface area (Å²) in [4.78, 5) is 23.8. The molecule has 0 aliphatic heterocycles. The van der Waals surface area contributed by atoms with Crippen LogP contribution >= 0.6 is 0 Å². The minimum atomic E-state index is -0.932. The molecule has 0 aromatic heterocycles. The fourth-order valence-corrected chi connectivity index (χ4v) is 2.31. The molecule has 1 fully saturated rings. The van der Waals surface area contributed by atoms with Gasteiger partial charge in [-0.2, -0.15) is 0 Å². The van der Waals surface area contributed by atoms with Crippen LogP contribution in [-0.4, -0.2) is 35.0 Å². The molecule has 1 amide bonds. The number of hydrogen-bond donors (Lipinski definition) is 1. The number of amides is 1. The van der Waals surface area contributed by atoms with Gasteiger partial charge in [0.25, 0.3) is 0 Å². The molecule has 0 radical (unpaired) electrons. The number of carboxylic acids is 1. The van der Waals surface area contributed by atoms with E-state index in [1.165, 1.54) is 24.2 Å². The molecule has 0 bridgehead atoms. The van der Waals surface area contributed by atoms with E-state index in [1.54, 1.807) is 0 Å². The first-order valence-corrected chi connectivity index (χ1v) is 6.13. The Balaban J connectivity index is 2.38. The summed E-state index contributed by atoms with van der Waals surface area (Å²) < 4.78 is 0. The van der Waals surface area contributed by atoms with Crippen molar-refractivity contribution in [3.05, 3.63) is 0 Å². The van der Waals surface area contributed by atoms with Gasteiger partial charge in [-0.1, -0.05) is 19.3 Å². The maximum absolute atomic E-state index is 11.8. The highest BCUT2D eigenvalue weighted by Gasteiger charge is 2.21. The molecular weight excluding hydrogens is 206 g/mol. The predicted octanol–water partition coefficient (Wildman–Crippen LogP) is 1.89. The number of hydrogen-bond acceptors (Lipinski definition) is 2. The Kier molecular flexibility index (Phi) is 5.29. The van der Waals surface area contributed by atoms with E-state index in [9.17, 15) is 9.59 Å². The standard InChI is InChI=1S/C12H21NO3/c1-2-13(9-12(15)16)11(14)8-10-6-4-3-5-7-10/h10H,2-9H2,1H3,(H,15,16). The van der Waals surface area contributed by atoms with Gasteiger partial charge in [0.05, 0.1) is 0 Å². The first kappa shape index (κ1) is 13.0. The van der Waals surface area contributed by atoms with E-state index >= 15 is 0 Å². The molecule has 4 nitrogen and oxygen atoms in total. The first-order valence-electron chi connectivity index (χ1n) is 6.13. The third-order valence-corrected chi connectivity index (χ3v) is 3.25. The van der Waals surface area contributed by atoms with Crippen molar-refractivity contribution in [2.75, 3.05) is 13.1 Å². The first-order chi connectivity index (χ1) is 7.63. The van der Waals surface area contributed by atoms with Crippen LogP contribution in [0, 0.1) is 5.92 Å². The van der Waals surface area contributed by atoms with Gasteiger partial charge in [-0.25, -0.2) is 0 Å². The largest absolute Gasteiger partial charge is 0.480 e. The number of carboxylic acid groups (broad SMARTS) is 1. The molecule has 0 spiro atoms. The van der Waals surface area contributed by atoms with E-state index in [0.717, 1.165) is 12.8 Å². The van der Waals surface area contributed by atoms with E-state index in [0.29, 0.717) is 18.9 Å². The van der Waals surface area contributed by atoms with Crippen LogP contribution in [0.15, 0.2) is 0 Å². The second-order valence-electron chi connectivity index (χ2n) is 4.51. The van der Waals surface area contributed by atoms with E-state index in [1.807, 2.05) is 6.92 Å². The molecule has 0 unspecified atom stereocenters. The van der Waals surface area contributed by atoms with Crippen molar-refractivity contribution < 1.29 is 14.7 Å². The zero-order valence-electron chi connectivity index (χ0n) is 9.95. The molecule has 0 aromatic carbocycles. The van der Waals surface area contributed by atoms with Crippen LogP contribution in [0.5, 0.6) is 0 Å². The Morgan fingerprint density at radius 3 is 2.38 bits per heavy atom. The fraction of sp³-hybridized carbons (Fsp3) is 0.833. The van der Waals surface area contributed by atoms with Crippen molar-refractivity contribution in [1.29, 1.82) is 0 Å². The van der Waals surface area contributed by atoms with Crippen LogP contribution < -0.4 is 0 Å². The minimum absolute atomic E-state index is 0.00296. The molecule has 0 aromatic rings. The molecule has 1 aliphatic rings. The number of nitrogens with zero attached hydrogens (tertiary/aromatic N) is 1. The van der Waals surface area contributed by atoms with E-state index in [-0.39, 0.29) is 12.5 Å². The molecule has 0 heterocycles. The maximum Gasteiger partial charge on any atom is 0.323 e. The molecule has 1 rings (SSSR count). The summed E-state index contributed by atoms with van der Waals surface area (Å²) in [6, 6.07) is 0. The minimum Gasteiger partial charge on any atom is -0.480 e. The summed E-state index contributed by atoms with van der Waals surface area (Å²) in [5, 5.41) is 8.68. The SMILES string of the molecule is CCN(CC(=O)O)C(=O)CC1CCCCC1. The Morgan fingerprint density at radius 2 is 1.88 bits per heavy atom. The van der Waals surface area contributed by atoms with E-state index < -0.39 is 5.97 Å². The number of likely N-dealkylation sites (N-methyl/N-ethyl adjacent to an activating group) is 1. The summed E-state index contributed by atoms with van der Waals surface area (Å²) in [5.41, 5.74) is 0. The zero-order chi connectivity index (χ0) is 12.0. The Morgan fingerprint density at radius 1 is 1.25 bits per heavy atom. The van der Waals surface area contributed by atoms with Gasteiger partial charge in [0.1, 0.15) is 6.54 Å². The molecule has 1 N–H and O–H groups in total. The van der Waals surface area contributed by atoms with Crippen LogP contribution in [0.3, 0.4) is 0 Å². The monoisotopic (exact) mass is 227 g/mol. The summed E-state index contributed by atoms with van der Waals surface area (Å²) in [6.07, 6.45) is 6.47. The van der Waals surface area contributed by atoms with Crippen molar-refractivity contribution in [3.63, 3.8) is 0 Å². The van der Waals surface area contributed by atoms with Crippen LogP contribution in [0.25, 0.3) is 0 Å². The number of aliphatic carboxylic acids is 1. The summed E-state index contributed by atoms with van der Waals surface area (Å²) in [6.45, 7) is 2.14. The van der Waals surface area contributed by atoms with E-state index in [4.69, 9.17) is 5.11 Å². The number of carbonyl (C=O) groups excluding carboxylic acids is 1. The third kappa shape index (κ3) is 4.21. The molecule has 16 heavy (non-hydrogen) atoms. The van der Waals surface area contributed by atoms with Gasteiger partial charge in [0, 0.05) is 13.0 Å². The zero-order valence-corrected chi connectivity index (χ0v) is 9.95. The normalized spacial score (nSPS) is 17.1. The quantitative estimate of drug-likeness (QED) is 0.780.